The second kappa shape index (κ2) is 17.3. The molecule has 0 bridgehead atoms. The number of nitrogens with one attached hydrogen (secondary N) is 2. The SMILES string of the molecule is N[C@@H](Cc1ccc(O)cc1)C(=O)N1CCC[C@H]1C(=O)N[C@@H](Cc1ccccc1)C(=O)N1CCC[C@H]1C(=O)NCC(=O)O.O=C(O)C(F)(F)F. The van der Waals surface area contributed by atoms with Gasteiger partial charge >= 0.3 is 18.1 Å². The van der Waals surface area contributed by atoms with Crippen molar-refractivity contribution >= 4 is 35.6 Å². The molecule has 2 aromatic rings. The number of alkyl halides is 3. The first-order valence-electron chi connectivity index (χ1n) is 15.4. The molecule has 14 nitrogen and oxygen atoms in total. The fourth-order valence-corrected chi connectivity index (χ4v) is 5.59. The van der Waals surface area contributed by atoms with Crippen LogP contribution in [0.15, 0.2) is 54.6 Å². The number of halogens is 3. The van der Waals surface area contributed by atoms with Gasteiger partial charge in [0, 0.05) is 19.5 Å². The Labute approximate surface area is 279 Å². The summed E-state index contributed by atoms with van der Waals surface area (Å²) in [5.41, 5.74) is 7.81. The third-order valence-electron chi connectivity index (χ3n) is 7.94. The third kappa shape index (κ3) is 11.2. The maximum atomic E-state index is 13.8. The Kier molecular flexibility index (Phi) is 13.5. The van der Waals surface area contributed by atoms with E-state index >= 15 is 0 Å². The minimum absolute atomic E-state index is 0.107. The fourth-order valence-electron chi connectivity index (χ4n) is 5.59. The van der Waals surface area contributed by atoms with E-state index in [4.69, 9.17) is 20.7 Å². The molecule has 17 heteroatoms. The molecule has 2 aromatic carbocycles. The van der Waals surface area contributed by atoms with Crippen LogP contribution in [-0.2, 0) is 41.6 Å². The average molecular weight is 694 g/mol. The summed E-state index contributed by atoms with van der Waals surface area (Å²) in [5, 5.41) is 30.8. The van der Waals surface area contributed by atoms with Crippen molar-refractivity contribution in [1.82, 2.24) is 20.4 Å². The van der Waals surface area contributed by atoms with Crippen LogP contribution in [-0.4, -0.2) is 111 Å². The second-order valence-electron chi connectivity index (χ2n) is 11.5. The van der Waals surface area contributed by atoms with Crippen LogP contribution in [0.5, 0.6) is 5.75 Å². The van der Waals surface area contributed by atoms with Gasteiger partial charge in [-0.1, -0.05) is 42.5 Å². The molecule has 0 radical (unpaired) electrons. The van der Waals surface area contributed by atoms with E-state index in [2.05, 4.69) is 10.6 Å². The summed E-state index contributed by atoms with van der Waals surface area (Å²) in [6.07, 6.45) is -2.71. The van der Waals surface area contributed by atoms with Gasteiger partial charge in [-0.2, -0.15) is 13.2 Å². The number of carboxylic acids is 2. The average Bonchev–Trinajstić information content (AvgIpc) is 3.75. The Morgan fingerprint density at radius 3 is 1.84 bits per heavy atom. The molecule has 4 rings (SSSR count). The van der Waals surface area contributed by atoms with E-state index in [0.717, 1.165) is 11.1 Å². The number of phenols is 1. The number of hydrogen-bond acceptors (Lipinski definition) is 8. The minimum Gasteiger partial charge on any atom is -0.508 e. The van der Waals surface area contributed by atoms with E-state index in [0.29, 0.717) is 38.8 Å². The molecule has 0 saturated carbocycles. The van der Waals surface area contributed by atoms with Gasteiger partial charge < -0.3 is 41.5 Å². The molecule has 0 unspecified atom stereocenters. The molecule has 2 heterocycles. The number of aliphatic carboxylic acids is 2. The first-order valence-corrected chi connectivity index (χ1v) is 15.4. The molecule has 266 valence electrons. The highest BCUT2D eigenvalue weighted by Crippen LogP contribution is 2.23. The first kappa shape index (κ1) is 38.3. The normalized spacial score (nSPS) is 18.4. The highest BCUT2D eigenvalue weighted by Gasteiger charge is 2.41. The predicted molar refractivity (Wildman–Crippen MR) is 166 cm³/mol. The van der Waals surface area contributed by atoms with Crippen molar-refractivity contribution in [2.75, 3.05) is 19.6 Å². The van der Waals surface area contributed by atoms with Gasteiger partial charge in [-0.3, -0.25) is 24.0 Å². The zero-order valence-corrected chi connectivity index (χ0v) is 26.3. The van der Waals surface area contributed by atoms with Crippen molar-refractivity contribution in [3.63, 3.8) is 0 Å². The Balaban J connectivity index is 0.000000838. The lowest BCUT2D eigenvalue weighted by Gasteiger charge is -2.31. The molecule has 4 amide bonds. The van der Waals surface area contributed by atoms with Crippen molar-refractivity contribution in [2.45, 2.75) is 68.9 Å². The molecule has 2 aliphatic rings. The van der Waals surface area contributed by atoms with Crippen LogP contribution >= 0.6 is 0 Å². The molecule has 2 aliphatic heterocycles. The maximum absolute atomic E-state index is 13.8. The number of carbonyl (C=O) groups excluding carboxylic acids is 4. The van der Waals surface area contributed by atoms with Gasteiger partial charge in [-0.05, 0) is 55.4 Å². The number of benzene rings is 2. The van der Waals surface area contributed by atoms with Gasteiger partial charge in [0.1, 0.15) is 30.4 Å². The second-order valence-corrected chi connectivity index (χ2v) is 11.5. The molecule has 4 atom stereocenters. The standard InChI is InChI=1S/C30H37N5O7.C2HF3O2/c31-22(16-20-10-12-21(36)13-11-20)29(41)34-14-5-9-25(34)28(40)33-23(17-19-6-2-1-3-7-19)30(42)35-15-4-8-24(35)27(39)32-18-26(37)38;3-2(4,5)1(6)7/h1-3,6-7,10-13,22-25,36H,4-5,8-9,14-18,31H2,(H,32,39)(H,33,40)(H,37,38);(H,6,7)/t22-,23-,24-,25-;/m0./s1. The van der Waals surface area contributed by atoms with Crippen LogP contribution in [0.25, 0.3) is 0 Å². The van der Waals surface area contributed by atoms with Crippen molar-refractivity contribution < 1.29 is 57.3 Å². The Hall–Kier alpha value is -5.19. The molecule has 0 spiro atoms. The summed E-state index contributed by atoms with van der Waals surface area (Å²) in [6, 6.07) is 12.0. The first-order chi connectivity index (χ1) is 23.1. The van der Waals surface area contributed by atoms with Crippen LogP contribution in [0.3, 0.4) is 0 Å². The fraction of sp³-hybridized carbons (Fsp3) is 0.438. The quantitative estimate of drug-likeness (QED) is 0.195. The molecule has 2 saturated heterocycles. The van der Waals surface area contributed by atoms with Crippen LogP contribution in [0.2, 0.25) is 0 Å². The van der Waals surface area contributed by atoms with E-state index in [9.17, 15) is 42.3 Å². The van der Waals surface area contributed by atoms with Crippen LogP contribution in [0.4, 0.5) is 13.2 Å². The van der Waals surface area contributed by atoms with Crippen molar-refractivity contribution in [1.29, 1.82) is 0 Å². The van der Waals surface area contributed by atoms with E-state index in [1.165, 1.54) is 21.9 Å². The summed E-state index contributed by atoms with van der Waals surface area (Å²) in [7, 11) is 0. The number of amides is 4. The molecule has 49 heavy (non-hydrogen) atoms. The number of rotatable bonds is 11. The predicted octanol–water partition coefficient (Wildman–Crippen LogP) is 0.806. The lowest BCUT2D eigenvalue weighted by atomic mass is 10.0. The Morgan fingerprint density at radius 2 is 1.31 bits per heavy atom. The van der Waals surface area contributed by atoms with Gasteiger partial charge in [0.05, 0.1) is 6.04 Å². The topological polar surface area (TPSA) is 220 Å². The lowest BCUT2D eigenvalue weighted by molar-refractivity contribution is -0.192. The van der Waals surface area contributed by atoms with Crippen LogP contribution in [0.1, 0.15) is 36.8 Å². The number of hydrogen-bond donors (Lipinski definition) is 6. The lowest BCUT2D eigenvalue weighted by Crippen LogP contribution is -2.58. The molecule has 2 fully saturated rings. The van der Waals surface area contributed by atoms with E-state index in [-0.39, 0.29) is 24.5 Å². The Bertz CT molecular complexity index is 1490. The summed E-state index contributed by atoms with van der Waals surface area (Å²) in [4.78, 5) is 76.1. The highest BCUT2D eigenvalue weighted by atomic mass is 19.4. The van der Waals surface area contributed by atoms with Gasteiger partial charge in [-0.15, -0.1) is 0 Å². The zero-order valence-electron chi connectivity index (χ0n) is 26.3. The number of nitrogens with zero attached hydrogens (tertiary/aromatic N) is 2. The summed E-state index contributed by atoms with van der Waals surface area (Å²) < 4.78 is 31.7. The number of likely N-dealkylation sites (tertiary alicyclic amines) is 2. The van der Waals surface area contributed by atoms with Crippen molar-refractivity contribution in [3.8, 4) is 5.75 Å². The summed E-state index contributed by atoms with van der Waals surface area (Å²) in [6.45, 7) is 0.0999. The number of nitrogens with two attached hydrogens (primary N) is 1. The van der Waals surface area contributed by atoms with E-state index in [1.807, 2.05) is 30.3 Å². The molecule has 7 N–H and O–H groups in total. The van der Waals surface area contributed by atoms with Crippen molar-refractivity contribution in [2.24, 2.45) is 5.73 Å². The largest absolute Gasteiger partial charge is 0.508 e. The minimum atomic E-state index is -5.08. The molecule has 0 aliphatic carbocycles. The number of carboxylic acid groups (broad SMARTS) is 2. The Morgan fingerprint density at radius 1 is 0.796 bits per heavy atom. The highest BCUT2D eigenvalue weighted by molar-refractivity contribution is 5.96. The van der Waals surface area contributed by atoms with Crippen LogP contribution < -0.4 is 16.4 Å². The number of aromatic hydroxyl groups is 1. The monoisotopic (exact) mass is 693 g/mol. The number of phenolic OH excluding ortho intramolecular Hbond substituents is 1. The summed E-state index contributed by atoms with van der Waals surface area (Å²) >= 11 is 0. The van der Waals surface area contributed by atoms with Gasteiger partial charge in [0.15, 0.2) is 0 Å². The smallest absolute Gasteiger partial charge is 0.490 e. The third-order valence-corrected chi connectivity index (χ3v) is 7.94. The van der Waals surface area contributed by atoms with Gasteiger partial charge in [-0.25, -0.2) is 4.79 Å². The van der Waals surface area contributed by atoms with Gasteiger partial charge in [0.25, 0.3) is 0 Å². The zero-order chi connectivity index (χ0) is 36.3. The molecular weight excluding hydrogens is 655 g/mol. The van der Waals surface area contributed by atoms with Crippen molar-refractivity contribution in [3.05, 3.63) is 65.7 Å². The molecule has 0 aromatic heterocycles. The van der Waals surface area contributed by atoms with Gasteiger partial charge in [0.2, 0.25) is 23.6 Å². The van der Waals surface area contributed by atoms with E-state index in [1.54, 1.807) is 12.1 Å². The number of carbonyl (C=O) groups is 6. The molecular formula is C32H38F3N5O9. The van der Waals surface area contributed by atoms with Crippen LogP contribution in [0, 0.1) is 0 Å². The summed E-state index contributed by atoms with van der Waals surface area (Å²) in [5.74, 6) is -5.68. The van der Waals surface area contributed by atoms with E-state index < -0.39 is 66.5 Å². The maximum Gasteiger partial charge on any atom is 0.490 e.